The molecule has 0 saturated carbocycles. The molecule has 0 saturated heterocycles. The lowest BCUT2D eigenvalue weighted by Gasteiger charge is -2.44. The fourth-order valence-electron chi connectivity index (χ4n) is 10.5. The molecule has 1 aliphatic heterocycles. The first-order valence-corrected chi connectivity index (χ1v) is 26.8. The standard InChI is InChI=1S/C56H49O4PS2/c57-61(58)59-55-51(62(43-25-7-1-8-26-43,44-27-9-2-10-28-44)45-29-11-3-12-30-45)39-41-23-19-21-37-49(41)53(55)54-50-38-22-20-24-42(50)40-52(56(54)60-61)63(46-31-13-4-14-32-46,47-33-15-5-16-34-47)48-35-17-6-18-36-48/h1-18,25-36,39-40H,19-24,37-38H2,(H,57,58). The molecule has 1 N–H and O–H groups in total. The maximum atomic E-state index is 15.4. The molecule has 1 heterocycles. The molecule has 63 heavy (non-hydrogen) atoms. The number of phosphoric acid groups is 1. The minimum absolute atomic E-state index is 0.469. The van der Waals surface area contributed by atoms with Crippen molar-refractivity contribution in [1.29, 1.82) is 0 Å². The normalized spacial score (nSPS) is 15.8. The zero-order chi connectivity index (χ0) is 42.4. The summed E-state index contributed by atoms with van der Waals surface area (Å²) in [5.74, 6) is 0.938. The van der Waals surface area contributed by atoms with E-state index >= 15 is 4.57 Å². The largest absolute Gasteiger partial charge is 0.585 e. The summed E-state index contributed by atoms with van der Waals surface area (Å²) in [6.07, 6.45) is 7.68. The minimum atomic E-state index is -4.88. The average Bonchev–Trinajstić information content (AvgIpc) is 3.47. The number of aryl methyl sites for hydroxylation is 2. The molecule has 0 aromatic heterocycles. The van der Waals surface area contributed by atoms with Gasteiger partial charge in [-0.1, -0.05) is 109 Å². The van der Waals surface area contributed by atoms with Crippen LogP contribution in [0.2, 0.25) is 0 Å². The molecule has 0 amide bonds. The van der Waals surface area contributed by atoms with Crippen molar-refractivity contribution in [3.63, 3.8) is 0 Å². The van der Waals surface area contributed by atoms with Gasteiger partial charge in [-0.05, 0) is 159 Å². The van der Waals surface area contributed by atoms with Crippen LogP contribution in [0.5, 0.6) is 11.5 Å². The number of phosphoric ester groups is 1. The second kappa shape index (κ2) is 16.4. The van der Waals surface area contributed by atoms with Crippen LogP contribution < -0.4 is 9.05 Å². The molecule has 0 fully saturated rings. The summed E-state index contributed by atoms with van der Waals surface area (Å²) in [4.78, 5) is 21.2. The highest BCUT2D eigenvalue weighted by Gasteiger charge is 2.47. The SMILES string of the molecule is O=P1(O)Oc2c(S(c3ccccc3)(c3ccccc3)c3ccccc3)cc3c(c2-c2c4c(cc(S(c5ccccc5)(c5ccccc5)c5ccccc5)c2O1)CCCC4)CCCC3. The van der Waals surface area contributed by atoms with E-state index in [9.17, 15) is 4.89 Å². The lowest BCUT2D eigenvalue weighted by atomic mass is 9.80. The Kier molecular flexibility index (Phi) is 10.4. The van der Waals surface area contributed by atoms with E-state index in [4.69, 9.17) is 9.05 Å². The summed E-state index contributed by atoms with van der Waals surface area (Å²) in [5.41, 5.74) is 6.85. The molecule has 2 aliphatic carbocycles. The third-order valence-corrected chi connectivity index (χ3v) is 21.7. The van der Waals surface area contributed by atoms with Crippen LogP contribution in [0, 0.1) is 0 Å². The van der Waals surface area contributed by atoms with Gasteiger partial charge in [-0.25, -0.2) is 4.57 Å². The zero-order valence-corrected chi connectivity index (χ0v) is 37.6. The number of hydrogen-bond acceptors (Lipinski definition) is 3. The summed E-state index contributed by atoms with van der Waals surface area (Å²) >= 11 is 0. The van der Waals surface area contributed by atoms with Gasteiger partial charge in [0.25, 0.3) is 0 Å². The fraction of sp³-hybridized carbons (Fsp3) is 0.143. The first kappa shape index (κ1) is 40.1. The van der Waals surface area contributed by atoms with Gasteiger partial charge in [0.05, 0.1) is 0 Å². The Labute approximate surface area is 373 Å². The Morgan fingerprint density at radius 3 is 0.905 bits per heavy atom. The van der Waals surface area contributed by atoms with Gasteiger partial charge < -0.3 is 9.05 Å². The molecule has 0 unspecified atom stereocenters. The van der Waals surface area contributed by atoms with Crippen LogP contribution in [-0.4, -0.2) is 4.89 Å². The van der Waals surface area contributed by atoms with E-state index in [0.717, 1.165) is 102 Å². The van der Waals surface area contributed by atoms with Gasteiger partial charge in [0.1, 0.15) is 0 Å². The second-order valence-electron chi connectivity index (χ2n) is 16.6. The van der Waals surface area contributed by atoms with Crippen molar-refractivity contribution in [2.75, 3.05) is 0 Å². The average molecular weight is 881 g/mol. The van der Waals surface area contributed by atoms with Crippen LogP contribution in [0.1, 0.15) is 47.9 Å². The number of benzene rings is 8. The molecule has 0 spiro atoms. The van der Waals surface area contributed by atoms with Crippen molar-refractivity contribution in [3.8, 4) is 22.6 Å². The van der Waals surface area contributed by atoms with Gasteiger partial charge in [-0.2, -0.15) is 0 Å². The number of rotatable bonds is 8. The van der Waals surface area contributed by atoms with E-state index in [1.807, 2.05) is 0 Å². The summed E-state index contributed by atoms with van der Waals surface area (Å²) in [5, 5.41) is 0. The van der Waals surface area contributed by atoms with Crippen molar-refractivity contribution in [3.05, 3.63) is 216 Å². The predicted octanol–water partition coefficient (Wildman–Crippen LogP) is 15.7. The van der Waals surface area contributed by atoms with Gasteiger partial charge in [0, 0.05) is 50.3 Å². The highest BCUT2D eigenvalue weighted by atomic mass is 32.3. The van der Waals surface area contributed by atoms with E-state index in [0.29, 0.717) is 11.5 Å². The van der Waals surface area contributed by atoms with Gasteiger partial charge in [0.2, 0.25) is 0 Å². The summed E-state index contributed by atoms with van der Waals surface area (Å²) < 4.78 is 29.2. The first-order valence-electron chi connectivity index (χ1n) is 22.1. The molecule has 314 valence electrons. The molecule has 3 aliphatic rings. The van der Waals surface area contributed by atoms with E-state index in [2.05, 4.69) is 194 Å². The van der Waals surface area contributed by atoms with Gasteiger partial charge in [-0.3, -0.25) is 4.89 Å². The molecule has 11 rings (SSSR count). The molecule has 7 heteroatoms. The molecule has 0 bridgehead atoms. The zero-order valence-electron chi connectivity index (χ0n) is 35.1. The Morgan fingerprint density at radius 2 is 0.635 bits per heavy atom. The van der Waals surface area contributed by atoms with Crippen LogP contribution >= 0.6 is 27.9 Å². The summed E-state index contributed by atoms with van der Waals surface area (Å²) in [6, 6.07) is 69.0. The Hall–Kier alpha value is -5.75. The van der Waals surface area contributed by atoms with Crippen molar-refractivity contribution in [2.45, 2.75) is 90.5 Å². The fourth-order valence-corrected chi connectivity index (χ4v) is 19.5. The maximum Gasteiger partial charge on any atom is 0.585 e. The monoisotopic (exact) mass is 880 g/mol. The van der Waals surface area contributed by atoms with Crippen molar-refractivity contribution in [1.82, 2.24) is 0 Å². The van der Waals surface area contributed by atoms with Gasteiger partial charge in [0.15, 0.2) is 11.5 Å². The molecule has 8 aromatic carbocycles. The Balaban J connectivity index is 1.35. The summed E-state index contributed by atoms with van der Waals surface area (Å²) in [6.45, 7) is 0. The van der Waals surface area contributed by atoms with Gasteiger partial charge in [-0.15, -0.1) is 20.1 Å². The third-order valence-electron chi connectivity index (χ3n) is 13.0. The van der Waals surface area contributed by atoms with Crippen molar-refractivity contribution >= 4 is 27.9 Å². The first-order chi connectivity index (χ1) is 31.0. The predicted molar refractivity (Wildman–Crippen MR) is 256 cm³/mol. The number of hydrogen-bond donors (Lipinski definition) is 1. The van der Waals surface area contributed by atoms with Crippen LogP contribution in [0.25, 0.3) is 11.1 Å². The summed E-state index contributed by atoms with van der Waals surface area (Å²) in [7, 11) is -9.59. The highest BCUT2D eigenvalue weighted by molar-refractivity contribution is 8.34. The second-order valence-corrected chi connectivity index (χ2v) is 24.1. The maximum absolute atomic E-state index is 15.4. The quantitative estimate of drug-likeness (QED) is 0.155. The molecule has 0 radical (unpaired) electrons. The van der Waals surface area contributed by atoms with Crippen LogP contribution in [0.4, 0.5) is 0 Å². The van der Waals surface area contributed by atoms with E-state index in [1.54, 1.807) is 0 Å². The Bertz CT molecular complexity index is 2590. The van der Waals surface area contributed by atoms with E-state index in [1.165, 1.54) is 22.3 Å². The van der Waals surface area contributed by atoms with Crippen molar-refractivity contribution < 1.29 is 18.5 Å². The molecule has 8 aromatic rings. The van der Waals surface area contributed by atoms with E-state index < -0.39 is 27.9 Å². The highest BCUT2D eigenvalue weighted by Crippen LogP contribution is 2.80. The van der Waals surface area contributed by atoms with Gasteiger partial charge >= 0.3 is 7.82 Å². The van der Waals surface area contributed by atoms with Crippen molar-refractivity contribution in [2.24, 2.45) is 0 Å². The van der Waals surface area contributed by atoms with E-state index in [-0.39, 0.29) is 0 Å². The topological polar surface area (TPSA) is 55.8 Å². The van der Waals surface area contributed by atoms with Crippen LogP contribution in [0.15, 0.2) is 233 Å². The lowest BCUT2D eigenvalue weighted by Crippen LogP contribution is -2.14. The Morgan fingerprint density at radius 1 is 0.381 bits per heavy atom. The van der Waals surface area contributed by atoms with Crippen LogP contribution in [-0.2, 0) is 30.2 Å². The minimum Gasteiger partial charge on any atom is -0.393 e. The molecular formula is C56H49O4PS2. The molecular weight excluding hydrogens is 832 g/mol. The molecule has 0 atom stereocenters. The molecule has 4 nitrogen and oxygen atoms in total. The number of fused-ring (bicyclic) bond motifs is 7. The lowest BCUT2D eigenvalue weighted by molar-refractivity contribution is 0.290. The third kappa shape index (κ3) is 6.61. The van der Waals surface area contributed by atoms with Crippen LogP contribution in [0.3, 0.4) is 0 Å². The smallest absolute Gasteiger partial charge is 0.393 e.